The van der Waals surface area contributed by atoms with Crippen LogP contribution in [0.3, 0.4) is 0 Å². The zero-order valence-electron chi connectivity index (χ0n) is 15.8. The molecule has 3 rings (SSSR count). The highest BCUT2D eigenvalue weighted by Crippen LogP contribution is 2.28. The molecule has 0 N–H and O–H groups in total. The molecule has 0 radical (unpaired) electrons. The Bertz CT molecular complexity index is 842. The zero-order chi connectivity index (χ0) is 19.8. The van der Waals surface area contributed by atoms with Crippen LogP contribution in [0.15, 0.2) is 23.1 Å². The molecule has 0 unspecified atom stereocenters. The van der Waals surface area contributed by atoms with Crippen molar-refractivity contribution in [1.29, 1.82) is 0 Å². The Morgan fingerprint density at radius 1 is 1.22 bits per heavy atom. The van der Waals surface area contributed by atoms with E-state index in [4.69, 9.17) is 9.47 Å². The lowest BCUT2D eigenvalue weighted by Gasteiger charge is -2.30. The van der Waals surface area contributed by atoms with Crippen LogP contribution in [0, 0.1) is 19.8 Å². The van der Waals surface area contributed by atoms with Gasteiger partial charge in [0.1, 0.15) is 6.10 Å². The van der Waals surface area contributed by atoms with E-state index < -0.39 is 34.0 Å². The van der Waals surface area contributed by atoms with Gasteiger partial charge in [0.15, 0.2) is 0 Å². The molecule has 2 aliphatic heterocycles. The number of carbonyl (C=O) groups is 2. The van der Waals surface area contributed by atoms with E-state index in [9.17, 15) is 18.0 Å². The van der Waals surface area contributed by atoms with Crippen LogP contribution in [0.1, 0.15) is 37.3 Å². The van der Waals surface area contributed by atoms with E-state index in [1.54, 1.807) is 26.0 Å². The highest BCUT2D eigenvalue weighted by Gasteiger charge is 2.38. The molecule has 0 aliphatic carbocycles. The van der Waals surface area contributed by atoms with Crippen molar-refractivity contribution in [2.45, 2.75) is 57.1 Å². The smallest absolute Gasteiger partial charge is 0.347 e. The first-order chi connectivity index (χ1) is 12.7. The van der Waals surface area contributed by atoms with E-state index in [1.165, 1.54) is 4.31 Å². The van der Waals surface area contributed by atoms with Crippen LogP contribution in [0.4, 0.5) is 0 Å². The molecule has 0 saturated carbocycles. The van der Waals surface area contributed by atoms with Crippen LogP contribution in [0.5, 0.6) is 0 Å². The molecule has 2 heterocycles. The fourth-order valence-electron chi connectivity index (χ4n) is 3.61. The number of piperidine rings is 1. The van der Waals surface area contributed by atoms with Gasteiger partial charge < -0.3 is 9.47 Å². The van der Waals surface area contributed by atoms with Crippen molar-refractivity contribution < 1.29 is 27.5 Å². The maximum Gasteiger partial charge on any atom is 0.347 e. The number of rotatable bonds is 4. The first-order valence-corrected chi connectivity index (χ1v) is 10.6. The van der Waals surface area contributed by atoms with E-state index in [0.717, 1.165) is 5.56 Å². The van der Waals surface area contributed by atoms with Crippen molar-refractivity contribution >= 4 is 22.0 Å². The zero-order valence-corrected chi connectivity index (χ0v) is 16.6. The van der Waals surface area contributed by atoms with Gasteiger partial charge in [-0.3, -0.25) is 4.79 Å². The molecule has 2 fully saturated rings. The van der Waals surface area contributed by atoms with E-state index >= 15 is 0 Å². The summed E-state index contributed by atoms with van der Waals surface area (Å²) in [5.41, 5.74) is 1.72. The van der Waals surface area contributed by atoms with Crippen LogP contribution in [-0.2, 0) is 29.1 Å². The highest BCUT2D eigenvalue weighted by atomic mass is 32.2. The number of hydrogen-bond acceptors (Lipinski definition) is 6. The van der Waals surface area contributed by atoms with Crippen LogP contribution in [0.25, 0.3) is 0 Å². The number of sulfonamides is 1. The number of cyclic esters (lactones) is 1. The van der Waals surface area contributed by atoms with E-state index in [-0.39, 0.29) is 19.2 Å². The Balaban J connectivity index is 1.61. The molecule has 0 bridgehead atoms. The largest absolute Gasteiger partial charge is 0.460 e. The van der Waals surface area contributed by atoms with Gasteiger partial charge in [0.25, 0.3) is 0 Å². The van der Waals surface area contributed by atoms with Gasteiger partial charge in [-0.05, 0) is 45.2 Å². The fourth-order valence-corrected chi connectivity index (χ4v) is 5.29. The third kappa shape index (κ3) is 4.16. The molecule has 0 aromatic heterocycles. The molecular weight excluding hydrogens is 370 g/mol. The lowest BCUT2D eigenvalue weighted by molar-refractivity contribution is -0.164. The SMILES string of the molecule is Cc1ccc(S(=O)(=O)N2CCC(C(=O)O[C@@H]3C[C@H](C)OC3=O)CC2)c(C)c1. The molecule has 7 nitrogen and oxygen atoms in total. The van der Waals surface area contributed by atoms with Gasteiger partial charge in [-0.2, -0.15) is 4.31 Å². The number of nitrogens with zero attached hydrogens (tertiary/aromatic N) is 1. The molecule has 148 valence electrons. The van der Waals surface area contributed by atoms with Crippen molar-refractivity contribution in [1.82, 2.24) is 4.31 Å². The number of esters is 2. The van der Waals surface area contributed by atoms with Crippen molar-refractivity contribution in [3.8, 4) is 0 Å². The number of ether oxygens (including phenoxy) is 2. The third-order valence-electron chi connectivity index (χ3n) is 5.12. The van der Waals surface area contributed by atoms with Crippen LogP contribution in [-0.4, -0.2) is 50.0 Å². The van der Waals surface area contributed by atoms with Crippen LogP contribution < -0.4 is 0 Å². The topological polar surface area (TPSA) is 90.0 Å². The second-order valence-electron chi connectivity index (χ2n) is 7.36. The van der Waals surface area contributed by atoms with Crippen molar-refractivity contribution in [2.24, 2.45) is 5.92 Å². The molecular formula is C19H25NO6S. The summed E-state index contributed by atoms with van der Waals surface area (Å²) in [4.78, 5) is 24.2. The molecule has 2 atom stereocenters. The quantitative estimate of drug-likeness (QED) is 0.724. The normalized spacial score (nSPS) is 24.6. The van der Waals surface area contributed by atoms with E-state index in [2.05, 4.69) is 0 Å². The fraction of sp³-hybridized carbons (Fsp3) is 0.579. The Hall–Kier alpha value is -1.93. The summed E-state index contributed by atoms with van der Waals surface area (Å²) >= 11 is 0. The first-order valence-electron chi connectivity index (χ1n) is 9.17. The van der Waals surface area contributed by atoms with Gasteiger partial charge in [0.2, 0.25) is 16.1 Å². The van der Waals surface area contributed by atoms with Crippen molar-refractivity contribution in [2.75, 3.05) is 13.1 Å². The molecule has 2 saturated heterocycles. The van der Waals surface area contributed by atoms with E-state index in [0.29, 0.717) is 29.7 Å². The van der Waals surface area contributed by atoms with Crippen LogP contribution in [0.2, 0.25) is 0 Å². The maximum atomic E-state index is 12.9. The summed E-state index contributed by atoms with van der Waals surface area (Å²) in [5.74, 6) is -1.36. The highest BCUT2D eigenvalue weighted by molar-refractivity contribution is 7.89. The maximum absolute atomic E-state index is 12.9. The van der Waals surface area contributed by atoms with Gasteiger partial charge in [0, 0.05) is 19.5 Å². The summed E-state index contributed by atoms with van der Waals surface area (Å²) in [6.07, 6.45) is 0.0231. The van der Waals surface area contributed by atoms with E-state index in [1.807, 2.05) is 13.0 Å². The monoisotopic (exact) mass is 395 g/mol. The predicted octanol–water partition coefficient (Wildman–Crippen LogP) is 1.95. The molecule has 1 aromatic carbocycles. The Labute approximate surface area is 159 Å². The first kappa shape index (κ1) is 19.8. The standard InChI is InChI=1S/C19H25NO6S/c1-12-4-5-17(13(2)10-12)27(23,24)20-8-6-15(7-9-20)18(21)26-16-11-14(3)25-19(16)22/h4-5,10,14-16H,6-9,11H2,1-3H3/t14-,16+/m0/s1. The second-order valence-corrected chi connectivity index (χ2v) is 9.26. The van der Waals surface area contributed by atoms with Gasteiger partial charge >= 0.3 is 11.9 Å². The minimum Gasteiger partial charge on any atom is -0.460 e. The van der Waals surface area contributed by atoms with Crippen molar-refractivity contribution in [3.05, 3.63) is 29.3 Å². The molecule has 27 heavy (non-hydrogen) atoms. The number of carbonyl (C=O) groups excluding carboxylic acids is 2. The minimum atomic E-state index is -3.59. The average molecular weight is 395 g/mol. The Morgan fingerprint density at radius 3 is 2.44 bits per heavy atom. The van der Waals surface area contributed by atoms with Crippen molar-refractivity contribution in [3.63, 3.8) is 0 Å². The summed E-state index contributed by atoms with van der Waals surface area (Å²) in [6, 6.07) is 5.26. The third-order valence-corrected chi connectivity index (χ3v) is 7.18. The predicted molar refractivity (Wildman–Crippen MR) is 97.4 cm³/mol. The minimum absolute atomic E-state index is 0.250. The van der Waals surface area contributed by atoms with Gasteiger partial charge in [-0.25, -0.2) is 13.2 Å². The molecule has 8 heteroatoms. The molecule has 2 aliphatic rings. The number of aryl methyl sites for hydroxylation is 2. The lowest BCUT2D eigenvalue weighted by Crippen LogP contribution is -2.41. The molecule has 0 amide bonds. The summed E-state index contributed by atoms with van der Waals surface area (Å²) in [7, 11) is -3.59. The Kier molecular flexibility index (Phi) is 5.58. The number of benzene rings is 1. The van der Waals surface area contributed by atoms with Crippen LogP contribution >= 0.6 is 0 Å². The lowest BCUT2D eigenvalue weighted by atomic mass is 9.98. The molecule has 1 aromatic rings. The second kappa shape index (κ2) is 7.59. The average Bonchev–Trinajstić information content (AvgIpc) is 2.91. The van der Waals surface area contributed by atoms with Gasteiger partial charge in [-0.1, -0.05) is 17.7 Å². The summed E-state index contributed by atoms with van der Waals surface area (Å²) in [6.45, 7) is 5.96. The summed E-state index contributed by atoms with van der Waals surface area (Å²) < 4.78 is 37.5. The number of hydrogen-bond donors (Lipinski definition) is 0. The Morgan fingerprint density at radius 2 is 1.89 bits per heavy atom. The molecule has 0 spiro atoms. The summed E-state index contributed by atoms with van der Waals surface area (Å²) in [5, 5.41) is 0. The van der Waals surface area contributed by atoms with Gasteiger partial charge in [0.05, 0.1) is 10.8 Å². The van der Waals surface area contributed by atoms with Gasteiger partial charge in [-0.15, -0.1) is 0 Å².